The van der Waals surface area contributed by atoms with E-state index in [9.17, 15) is 14.9 Å². The SMILES string of the molecule is CCOc1cccc(-c2cc(C)[nH]c(=O)c2C#N)c1OCC(=O)O. The quantitative estimate of drug-likeness (QED) is 0.839. The molecule has 0 aliphatic rings. The lowest BCUT2D eigenvalue weighted by atomic mass is 9.99. The summed E-state index contributed by atoms with van der Waals surface area (Å²) < 4.78 is 10.8. The number of nitrogens with zero attached hydrogens (tertiary/aromatic N) is 1. The van der Waals surface area contributed by atoms with Crippen LogP contribution in [0.4, 0.5) is 0 Å². The summed E-state index contributed by atoms with van der Waals surface area (Å²) in [7, 11) is 0. The highest BCUT2D eigenvalue weighted by molar-refractivity contribution is 5.79. The number of carboxylic acids is 1. The van der Waals surface area contributed by atoms with Gasteiger partial charge in [-0.25, -0.2) is 4.79 Å². The van der Waals surface area contributed by atoms with Crippen molar-refractivity contribution in [1.82, 2.24) is 4.98 Å². The van der Waals surface area contributed by atoms with Crippen LogP contribution in [0.5, 0.6) is 11.5 Å². The van der Waals surface area contributed by atoms with Gasteiger partial charge in [-0.05, 0) is 26.0 Å². The Balaban J connectivity index is 2.70. The summed E-state index contributed by atoms with van der Waals surface area (Å²) in [6.07, 6.45) is 0. The van der Waals surface area contributed by atoms with Gasteiger partial charge in [0.25, 0.3) is 5.56 Å². The van der Waals surface area contributed by atoms with Gasteiger partial charge in [-0.3, -0.25) is 4.79 Å². The minimum absolute atomic E-state index is 0.0746. The summed E-state index contributed by atoms with van der Waals surface area (Å²) in [4.78, 5) is 25.4. The number of benzene rings is 1. The number of para-hydroxylation sites is 1. The van der Waals surface area contributed by atoms with E-state index < -0.39 is 18.1 Å². The summed E-state index contributed by atoms with van der Waals surface area (Å²) in [5.74, 6) is -0.615. The highest BCUT2D eigenvalue weighted by Crippen LogP contribution is 2.39. The highest BCUT2D eigenvalue weighted by Gasteiger charge is 2.18. The second-order valence-corrected chi connectivity index (χ2v) is 4.93. The molecule has 0 saturated carbocycles. The molecule has 0 unspecified atom stereocenters. The van der Waals surface area contributed by atoms with Gasteiger partial charge in [0, 0.05) is 16.8 Å². The van der Waals surface area contributed by atoms with Crippen LogP contribution in [0.2, 0.25) is 0 Å². The van der Waals surface area contributed by atoms with Crippen LogP contribution in [-0.4, -0.2) is 29.3 Å². The molecular formula is C17H16N2O5. The molecular weight excluding hydrogens is 312 g/mol. The van der Waals surface area contributed by atoms with E-state index in [0.29, 0.717) is 29.2 Å². The van der Waals surface area contributed by atoms with Crippen LogP contribution in [0.1, 0.15) is 18.2 Å². The standard InChI is InChI=1S/C17H16N2O5/c1-3-23-14-6-4-5-11(16(14)24-9-15(20)21)12-7-10(2)19-17(22)13(12)8-18/h4-7H,3,9H2,1-2H3,(H,19,22)(H,20,21). The van der Waals surface area contributed by atoms with E-state index in [-0.39, 0.29) is 11.3 Å². The molecule has 0 aliphatic carbocycles. The third-order valence-corrected chi connectivity index (χ3v) is 3.19. The summed E-state index contributed by atoms with van der Waals surface area (Å²) >= 11 is 0. The number of ether oxygens (including phenoxy) is 2. The monoisotopic (exact) mass is 328 g/mol. The lowest BCUT2D eigenvalue weighted by Crippen LogP contribution is -2.14. The molecule has 1 aromatic heterocycles. The predicted octanol–water partition coefficient (Wildman–Crippen LogP) is 2.08. The Hall–Kier alpha value is -3.27. The van der Waals surface area contributed by atoms with Crippen LogP contribution < -0.4 is 15.0 Å². The average molecular weight is 328 g/mol. The van der Waals surface area contributed by atoms with Gasteiger partial charge >= 0.3 is 5.97 Å². The molecule has 2 aromatic rings. The summed E-state index contributed by atoms with van der Waals surface area (Å²) in [6, 6.07) is 8.48. The molecule has 2 rings (SSSR count). The van der Waals surface area contributed by atoms with Crippen LogP contribution in [0, 0.1) is 18.3 Å². The van der Waals surface area contributed by atoms with Crippen molar-refractivity contribution in [3.63, 3.8) is 0 Å². The van der Waals surface area contributed by atoms with E-state index in [1.807, 2.05) is 6.07 Å². The molecule has 0 amide bonds. The van der Waals surface area contributed by atoms with Crippen molar-refractivity contribution in [2.75, 3.05) is 13.2 Å². The Morgan fingerprint density at radius 3 is 2.71 bits per heavy atom. The molecule has 1 heterocycles. The van der Waals surface area contributed by atoms with Crippen LogP contribution in [0.3, 0.4) is 0 Å². The Morgan fingerprint density at radius 2 is 2.08 bits per heavy atom. The van der Waals surface area contributed by atoms with E-state index in [1.165, 1.54) is 0 Å². The average Bonchev–Trinajstić information content (AvgIpc) is 2.53. The molecule has 0 bridgehead atoms. The molecule has 0 spiro atoms. The number of nitriles is 1. The number of aromatic nitrogens is 1. The van der Waals surface area contributed by atoms with E-state index in [4.69, 9.17) is 14.6 Å². The first-order valence-corrected chi connectivity index (χ1v) is 7.22. The number of aliphatic carboxylic acids is 1. The van der Waals surface area contributed by atoms with Crippen molar-refractivity contribution >= 4 is 5.97 Å². The van der Waals surface area contributed by atoms with Gasteiger partial charge in [-0.15, -0.1) is 0 Å². The number of aryl methyl sites for hydroxylation is 1. The minimum Gasteiger partial charge on any atom is -0.490 e. The zero-order valence-corrected chi connectivity index (χ0v) is 13.3. The molecule has 2 N–H and O–H groups in total. The van der Waals surface area contributed by atoms with E-state index in [1.54, 1.807) is 38.1 Å². The Bertz CT molecular complexity index is 864. The molecule has 0 radical (unpaired) electrons. The smallest absolute Gasteiger partial charge is 0.341 e. The van der Waals surface area contributed by atoms with Crippen molar-refractivity contribution in [1.29, 1.82) is 5.26 Å². The molecule has 0 aliphatic heterocycles. The zero-order valence-electron chi connectivity index (χ0n) is 13.3. The topological polar surface area (TPSA) is 112 Å². The molecule has 7 nitrogen and oxygen atoms in total. The predicted molar refractivity (Wildman–Crippen MR) is 86.3 cm³/mol. The normalized spacial score (nSPS) is 10.0. The lowest BCUT2D eigenvalue weighted by Gasteiger charge is -2.16. The van der Waals surface area contributed by atoms with Gasteiger partial charge < -0.3 is 19.6 Å². The van der Waals surface area contributed by atoms with Crippen LogP contribution >= 0.6 is 0 Å². The number of hydrogen-bond donors (Lipinski definition) is 2. The van der Waals surface area contributed by atoms with E-state index >= 15 is 0 Å². The van der Waals surface area contributed by atoms with Crippen molar-refractivity contribution in [3.8, 4) is 28.7 Å². The zero-order chi connectivity index (χ0) is 17.7. The minimum atomic E-state index is -1.14. The number of carboxylic acid groups (broad SMARTS) is 1. The van der Waals surface area contributed by atoms with Crippen molar-refractivity contribution in [2.45, 2.75) is 13.8 Å². The molecule has 24 heavy (non-hydrogen) atoms. The van der Waals surface area contributed by atoms with Crippen molar-refractivity contribution in [2.24, 2.45) is 0 Å². The van der Waals surface area contributed by atoms with E-state index in [2.05, 4.69) is 4.98 Å². The number of H-pyrrole nitrogens is 1. The Labute approximate surface area is 138 Å². The maximum absolute atomic E-state index is 12.0. The third-order valence-electron chi connectivity index (χ3n) is 3.19. The second kappa shape index (κ2) is 7.33. The van der Waals surface area contributed by atoms with Crippen LogP contribution in [0.15, 0.2) is 29.1 Å². The third kappa shape index (κ3) is 3.55. The van der Waals surface area contributed by atoms with Gasteiger partial charge in [0.1, 0.15) is 11.6 Å². The molecule has 0 saturated heterocycles. The first-order valence-electron chi connectivity index (χ1n) is 7.22. The van der Waals surface area contributed by atoms with Crippen LogP contribution in [-0.2, 0) is 4.79 Å². The Morgan fingerprint density at radius 1 is 1.33 bits per heavy atom. The first-order chi connectivity index (χ1) is 11.5. The van der Waals surface area contributed by atoms with Gasteiger partial charge in [0.05, 0.1) is 6.61 Å². The van der Waals surface area contributed by atoms with Crippen molar-refractivity contribution < 1.29 is 19.4 Å². The fraction of sp³-hybridized carbons (Fsp3) is 0.235. The molecule has 7 heteroatoms. The Kier molecular flexibility index (Phi) is 5.22. The summed E-state index contributed by atoms with van der Waals surface area (Å²) in [6.45, 7) is 3.26. The molecule has 0 fully saturated rings. The second-order valence-electron chi connectivity index (χ2n) is 4.93. The van der Waals surface area contributed by atoms with Crippen molar-refractivity contribution in [3.05, 3.63) is 45.9 Å². The van der Waals surface area contributed by atoms with Gasteiger partial charge in [-0.1, -0.05) is 12.1 Å². The first kappa shape index (κ1) is 17.1. The van der Waals surface area contributed by atoms with E-state index in [0.717, 1.165) is 0 Å². The maximum Gasteiger partial charge on any atom is 0.341 e. The number of rotatable bonds is 6. The lowest BCUT2D eigenvalue weighted by molar-refractivity contribution is -0.139. The molecule has 0 atom stereocenters. The summed E-state index contributed by atoms with van der Waals surface area (Å²) in [5.41, 5.74) is 0.765. The number of pyridine rings is 1. The van der Waals surface area contributed by atoms with Gasteiger partial charge in [-0.2, -0.15) is 5.26 Å². The number of nitrogens with one attached hydrogen (secondary N) is 1. The van der Waals surface area contributed by atoms with Crippen LogP contribution in [0.25, 0.3) is 11.1 Å². The molecule has 124 valence electrons. The summed E-state index contributed by atoms with van der Waals surface area (Å²) in [5, 5.41) is 18.2. The highest BCUT2D eigenvalue weighted by atomic mass is 16.5. The van der Waals surface area contributed by atoms with Gasteiger partial charge in [0.2, 0.25) is 0 Å². The fourth-order valence-electron chi connectivity index (χ4n) is 2.29. The number of hydrogen-bond acceptors (Lipinski definition) is 5. The maximum atomic E-state index is 12.0. The largest absolute Gasteiger partial charge is 0.490 e. The number of aromatic amines is 1. The fourth-order valence-corrected chi connectivity index (χ4v) is 2.29. The van der Waals surface area contributed by atoms with Gasteiger partial charge in [0.15, 0.2) is 18.1 Å². The molecule has 1 aromatic carbocycles. The number of carbonyl (C=O) groups is 1.